The molecule has 1 aliphatic carbocycles. The molecule has 1 aliphatic heterocycles. The van der Waals surface area contributed by atoms with Crippen LogP contribution >= 0.6 is 0 Å². The normalized spacial score (nSPS) is 29.9. The lowest BCUT2D eigenvalue weighted by molar-refractivity contribution is -0.123. The molecule has 5 heteroatoms. The van der Waals surface area contributed by atoms with Crippen molar-refractivity contribution in [1.29, 1.82) is 0 Å². The second-order valence-corrected chi connectivity index (χ2v) is 5.95. The van der Waals surface area contributed by atoms with Crippen LogP contribution in [-0.2, 0) is 4.79 Å². The maximum absolute atomic E-state index is 12.8. The fourth-order valence-corrected chi connectivity index (χ4v) is 3.38. The Morgan fingerprint density at radius 1 is 1.40 bits per heavy atom. The van der Waals surface area contributed by atoms with Crippen molar-refractivity contribution < 1.29 is 9.59 Å². The number of rotatable bonds is 1. The van der Waals surface area contributed by atoms with Crippen LogP contribution < -0.4 is 16.0 Å². The first-order chi connectivity index (χ1) is 9.52. The third-order valence-corrected chi connectivity index (χ3v) is 4.29. The number of hydrogen-bond acceptors (Lipinski definition) is 3. The van der Waals surface area contributed by atoms with Crippen molar-refractivity contribution in [2.24, 2.45) is 5.92 Å². The van der Waals surface area contributed by atoms with Crippen LogP contribution in [0.1, 0.15) is 32.6 Å². The van der Waals surface area contributed by atoms with Gasteiger partial charge in [0.1, 0.15) is 5.54 Å². The summed E-state index contributed by atoms with van der Waals surface area (Å²) in [5, 5.41) is 2.91. The quantitative estimate of drug-likeness (QED) is 0.609. The van der Waals surface area contributed by atoms with E-state index in [1.54, 1.807) is 24.3 Å². The van der Waals surface area contributed by atoms with Crippen molar-refractivity contribution in [3.05, 3.63) is 24.3 Å². The zero-order valence-electron chi connectivity index (χ0n) is 11.6. The average Bonchev–Trinajstić information content (AvgIpc) is 2.60. The highest BCUT2D eigenvalue weighted by Gasteiger charge is 2.52. The van der Waals surface area contributed by atoms with E-state index in [1.165, 1.54) is 4.90 Å². The summed E-state index contributed by atoms with van der Waals surface area (Å²) in [6, 6.07) is 6.54. The lowest BCUT2D eigenvalue weighted by atomic mass is 9.76. The van der Waals surface area contributed by atoms with E-state index in [-0.39, 0.29) is 11.9 Å². The van der Waals surface area contributed by atoms with Gasteiger partial charge in [0, 0.05) is 5.69 Å². The van der Waals surface area contributed by atoms with Crippen LogP contribution in [0, 0.1) is 5.92 Å². The number of nitrogens with two attached hydrogens (primary N) is 1. The van der Waals surface area contributed by atoms with Gasteiger partial charge < -0.3 is 11.1 Å². The van der Waals surface area contributed by atoms with Gasteiger partial charge in [-0.3, -0.25) is 4.79 Å². The first kappa shape index (κ1) is 13.0. The first-order valence-corrected chi connectivity index (χ1v) is 7.04. The molecule has 0 radical (unpaired) electrons. The summed E-state index contributed by atoms with van der Waals surface area (Å²) in [6.07, 6.45) is 3.53. The molecule has 3 amide bonds. The lowest BCUT2D eigenvalue weighted by Crippen LogP contribution is -2.50. The van der Waals surface area contributed by atoms with Crippen molar-refractivity contribution in [2.75, 3.05) is 10.6 Å². The van der Waals surface area contributed by atoms with E-state index in [4.69, 9.17) is 5.73 Å². The Morgan fingerprint density at radius 3 is 2.90 bits per heavy atom. The van der Waals surface area contributed by atoms with Crippen LogP contribution in [0.25, 0.3) is 0 Å². The Morgan fingerprint density at radius 2 is 2.20 bits per heavy atom. The van der Waals surface area contributed by atoms with E-state index in [0.29, 0.717) is 17.3 Å². The van der Waals surface area contributed by atoms with Gasteiger partial charge in [-0.1, -0.05) is 25.8 Å². The van der Waals surface area contributed by atoms with Crippen LogP contribution in [0.5, 0.6) is 0 Å². The zero-order valence-corrected chi connectivity index (χ0v) is 11.6. The summed E-state index contributed by atoms with van der Waals surface area (Å²) in [5.41, 5.74) is 6.12. The van der Waals surface area contributed by atoms with Gasteiger partial charge in [-0.2, -0.15) is 0 Å². The number of benzene rings is 1. The number of nitrogens with zero attached hydrogens (tertiary/aromatic N) is 1. The van der Waals surface area contributed by atoms with Crippen LogP contribution in [0.2, 0.25) is 0 Å². The maximum atomic E-state index is 12.8. The van der Waals surface area contributed by atoms with Crippen LogP contribution in [0.4, 0.5) is 16.2 Å². The Hall–Kier alpha value is -2.04. The van der Waals surface area contributed by atoms with Crippen molar-refractivity contribution >= 4 is 23.3 Å². The van der Waals surface area contributed by atoms with E-state index >= 15 is 0 Å². The van der Waals surface area contributed by atoms with Crippen molar-refractivity contribution in [1.82, 2.24) is 5.32 Å². The Bertz CT molecular complexity index is 572. The molecule has 1 spiro atoms. The third kappa shape index (κ3) is 1.94. The summed E-state index contributed by atoms with van der Waals surface area (Å²) in [6.45, 7) is 2.13. The molecule has 2 fully saturated rings. The molecule has 2 aliphatic rings. The number of urea groups is 1. The largest absolute Gasteiger partial charge is 0.399 e. The minimum atomic E-state index is -0.709. The molecule has 3 rings (SSSR count). The van der Waals surface area contributed by atoms with Gasteiger partial charge in [-0.25, -0.2) is 9.69 Å². The minimum absolute atomic E-state index is 0.139. The lowest BCUT2D eigenvalue weighted by Gasteiger charge is -2.34. The second-order valence-electron chi connectivity index (χ2n) is 5.95. The van der Waals surface area contributed by atoms with E-state index < -0.39 is 5.54 Å². The molecule has 1 heterocycles. The first-order valence-electron chi connectivity index (χ1n) is 7.04. The molecule has 3 N–H and O–H groups in total. The molecule has 5 nitrogen and oxygen atoms in total. The highest BCUT2D eigenvalue weighted by atomic mass is 16.2. The topological polar surface area (TPSA) is 75.4 Å². The Kier molecular flexibility index (Phi) is 2.92. The molecule has 2 unspecified atom stereocenters. The minimum Gasteiger partial charge on any atom is -0.399 e. The molecule has 1 saturated heterocycles. The number of amides is 3. The van der Waals surface area contributed by atoms with Gasteiger partial charge in [0.2, 0.25) is 0 Å². The molecule has 2 atom stereocenters. The zero-order chi connectivity index (χ0) is 14.3. The average molecular weight is 273 g/mol. The fourth-order valence-electron chi connectivity index (χ4n) is 3.38. The maximum Gasteiger partial charge on any atom is 0.329 e. The molecule has 20 heavy (non-hydrogen) atoms. The van der Waals surface area contributed by atoms with E-state index in [0.717, 1.165) is 25.7 Å². The Balaban J connectivity index is 1.95. The van der Waals surface area contributed by atoms with Gasteiger partial charge >= 0.3 is 6.03 Å². The molecule has 1 aromatic carbocycles. The van der Waals surface area contributed by atoms with Gasteiger partial charge in [0.25, 0.3) is 5.91 Å². The number of imide groups is 1. The standard InChI is InChI=1S/C15H19N3O2/c1-10-4-3-7-15(9-10)13(19)18(14(20)17-15)12-6-2-5-11(16)8-12/h2,5-6,8,10H,3-4,7,9,16H2,1H3,(H,17,20). The van der Waals surface area contributed by atoms with Crippen LogP contribution in [0.3, 0.4) is 0 Å². The fraction of sp³-hybridized carbons (Fsp3) is 0.467. The summed E-state index contributed by atoms with van der Waals surface area (Å²) >= 11 is 0. The summed E-state index contributed by atoms with van der Waals surface area (Å²) < 4.78 is 0. The molecule has 0 bridgehead atoms. The van der Waals surface area contributed by atoms with Crippen LogP contribution in [0.15, 0.2) is 24.3 Å². The highest BCUT2D eigenvalue weighted by molar-refractivity contribution is 6.23. The van der Waals surface area contributed by atoms with Gasteiger partial charge in [0.15, 0.2) is 0 Å². The van der Waals surface area contributed by atoms with Gasteiger partial charge in [0.05, 0.1) is 5.69 Å². The molecular formula is C15H19N3O2. The predicted octanol–water partition coefficient (Wildman–Crippen LogP) is 2.27. The van der Waals surface area contributed by atoms with E-state index in [1.807, 2.05) is 0 Å². The molecule has 106 valence electrons. The predicted molar refractivity (Wildman–Crippen MR) is 77.2 cm³/mol. The number of nitrogens with one attached hydrogen (secondary N) is 1. The molecule has 0 aromatic heterocycles. The van der Waals surface area contributed by atoms with Crippen molar-refractivity contribution in [3.8, 4) is 0 Å². The summed E-state index contributed by atoms with van der Waals surface area (Å²) in [7, 11) is 0. The number of carbonyl (C=O) groups is 2. The number of carbonyl (C=O) groups excluding carboxylic acids is 2. The number of anilines is 2. The van der Waals surface area contributed by atoms with Crippen LogP contribution in [-0.4, -0.2) is 17.5 Å². The Labute approximate surface area is 118 Å². The second kappa shape index (κ2) is 4.51. The monoisotopic (exact) mass is 273 g/mol. The van der Waals surface area contributed by atoms with Crippen molar-refractivity contribution in [2.45, 2.75) is 38.1 Å². The highest BCUT2D eigenvalue weighted by Crippen LogP contribution is 2.38. The molecule has 1 aromatic rings. The number of nitrogen functional groups attached to an aromatic ring is 1. The SMILES string of the molecule is CC1CCCC2(C1)NC(=O)N(c1cccc(N)c1)C2=O. The van der Waals surface area contributed by atoms with E-state index in [2.05, 4.69) is 12.2 Å². The molecular weight excluding hydrogens is 254 g/mol. The van der Waals surface area contributed by atoms with E-state index in [9.17, 15) is 9.59 Å². The van der Waals surface area contributed by atoms with Crippen molar-refractivity contribution in [3.63, 3.8) is 0 Å². The van der Waals surface area contributed by atoms with Gasteiger partial charge in [-0.05, 0) is 37.0 Å². The third-order valence-electron chi connectivity index (χ3n) is 4.29. The number of hydrogen-bond donors (Lipinski definition) is 2. The smallest absolute Gasteiger partial charge is 0.329 e. The van der Waals surface area contributed by atoms with Gasteiger partial charge in [-0.15, -0.1) is 0 Å². The molecule has 1 saturated carbocycles. The summed E-state index contributed by atoms with van der Waals surface area (Å²) in [4.78, 5) is 26.2. The summed E-state index contributed by atoms with van der Waals surface area (Å²) in [5.74, 6) is 0.313.